The lowest BCUT2D eigenvalue weighted by atomic mass is 10.1. The fraction of sp³-hybridized carbons (Fsp3) is 0.211. The van der Waals surface area contributed by atoms with Crippen LogP contribution in [0, 0.1) is 0 Å². The summed E-state index contributed by atoms with van der Waals surface area (Å²) in [5.41, 5.74) is 2.29. The van der Waals surface area contributed by atoms with Crippen molar-refractivity contribution in [2.45, 2.75) is 31.1 Å². The second kappa shape index (κ2) is 7.01. The minimum absolute atomic E-state index is 0.260. The topological polar surface area (TPSA) is 59.1 Å². The summed E-state index contributed by atoms with van der Waals surface area (Å²) in [6.07, 6.45) is 4.85. The predicted octanol–water partition coefficient (Wildman–Crippen LogP) is 4.38. The second-order valence-corrected chi connectivity index (χ2v) is 7.42. The van der Waals surface area contributed by atoms with Gasteiger partial charge in [-0.15, -0.1) is 0 Å². The number of hydrogen-bond donors (Lipinski definition) is 1. The average Bonchev–Trinajstić information content (AvgIpc) is 2.60. The van der Waals surface area contributed by atoms with E-state index in [1.165, 1.54) is 0 Å². The molecule has 1 aromatic heterocycles. The van der Waals surface area contributed by atoms with Gasteiger partial charge in [-0.3, -0.25) is 9.71 Å². The highest BCUT2D eigenvalue weighted by atomic mass is 32.2. The fourth-order valence-electron chi connectivity index (χ4n) is 2.61. The molecule has 2 aromatic carbocycles. The van der Waals surface area contributed by atoms with Crippen LogP contribution < -0.4 is 4.72 Å². The standard InChI is InChI=1S/C19H20N2O2S/c1-2-3-6-15-10-12-17(13-11-15)24(22,23)21-18-9-4-7-16-8-5-14-20-19(16)18/h4-5,7-14,21H,2-3,6H2,1H3. The first kappa shape index (κ1) is 16.5. The van der Waals surface area contributed by atoms with Gasteiger partial charge < -0.3 is 0 Å². The number of nitrogens with zero attached hydrogens (tertiary/aromatic N) is 1. The molecule has 0 amide bonds. The molecule has 3 aromatic rings. The first-order valence-corrected chi connectivity index (χ1v) is 9.54. The van der Waals surface area contributed by atoms with E-state index in [2.05, 4.69) is 16.6 Å². The molecule has 0 spiro atoms. The number of para-hydroxylation sites is 1. The molecule has 0 aliphatic rings. The van der Waals surface area contributed by atoms with Crippen LogP contribution in [0.4, 0.5) is 5.69 Å². The van der Waals surface area contributed by atoms with Crippen molar-refractivity contribution in [3.8, 4) is 0 Å². The Bertz CT molecular complexity index is 930. The smallest absolute Gasteiger partial charge is 0.261 e. The summed E-state index contributed by atoms with van der Waals surface area (Å²) >= 11 is 0. The third-order valence-corrected chi connectivity index (χ3v) is 5.31. The van der Waals surface area contributed by atoms with Crippen molar-refractivity contribution in [1.29, 1.82) is 0 Å². The van der Waals surface area contributed by atoms with Gasteiger partial charge in [0.15, 0.2) is 0 Å². The van der Waals surface area contributed by atoms with Crippen LogP contribution in [-0.4, -0.2) is 13.4 Å². The molecule has 0 aliphatic carbocycles. The van der Waals surface area contributed by atoms with E-state index in [-0.39, 0.29) is 4.90 Å². The number of anilines is 1. The molecule has 0 atom stereocenters. The molecule has 0 unspecified atom stereocenters. The van der Waals surface area contributed by atoms with Crippen LogP contribution in [0.15, 0.2) is 65.7 Å². The second-order valence-electron chi connectivity index (χ2n) is 5.73. The summed E-state index contributed by atoms with van der Waals surface area (Å²) in [7, 11) is -3.63. The van der Waals surface area contributed by atoms with Crippen LogP contribution in [0.5, 0.6) is 0 Å². The van der Waals surface area contributed by atoms with Gasteiger partial charge in [0.1, 0.15) is 0 Å². The van der Waals surface area contributed by atoms with Crippen LogP contribution in [0.3, 0.4) is 0 Å². The molecule has 0 radical (unpaired) electrons. The number of rotatable bonds is 6. The van der Waals surface area contributed by atoms with Gasteiger partial charge in [-0.1, -0.05) is 43.7 Å². The van der Waals surface area contributed by atoms with Crippen molar-refractivity contribution in [2.75, 3.05) is 4.72 Å². The summed E-state index contributed by atoms with van der Waals surface area (Å²) < 4.78 is 27.9. The zero-order chi connectivity index (χ0) is 17.0. The van der Waals surface area contributed by atoms with Crippen LogP contribution in [0.1, 0.15) is 25.3 Å². The highest BCUT2D eigenvalue weighted by Crippen LogP contribution is 2.24. The van der Waals surface area contributed by atoms with Gasteiger partial charge in [-0.2, -0.15) is 0 Å². The Morgan fingerprint density at radius 1 is 1.00 bits per heavy atom. The largest absolute Gasteiger partial charge is 0.277 e. The Morgan fingerprint density at radius 2 is 1.75 bits per heavy atom. The Hall–Kier alpha value is -2.40. The summed E-state index contributed by atoms with van der Waals surface area (Å²) in [5, 5.41) is 0.896. The molecule has 0 bridgehead atoms. The van der Waals surface area contributed by atoms with E-state index in [0.29, 0.717) is 11.2 Å². The van der Waals surface area contributed by atoms with E-state index < -0.39 is 10.0 Å². The molecule has 124 valence electrons. The number of sulfonamides is 1. The average molecular weight is 340 g/mol. The van der Waals surface area contributed by atoms with E-state index in [9.17, 15) is 8.42 Å². The fourth-order valence-corrected chi connectivity index (χ4v) is 3.67. The number of aryl methyl sites for hydroxylation is 1. The first-order chi connectivity index (χ1) is 11.6. The van der Waals surface area contributed by atoms with Crippen LogP contribution >= 0.6 is 0 Å². The maximum absolute atomic E-state index is 12.6. The van der Waals surface area contributed by atoms with Crippen LogP contribution in [0.25, 0.3) is 10.9 Å². The van der Waals surface area contributed by atoms with Crippen molar-refractivity contribution in [1.82, 2.24) is 4.98 Å². The van der Waals surface area contributed by atoms with Crippen LogP contribution in [-0.2, 0) is 16.4 Å². The third kappa shape index (κ3) is 3.57. The highest BCUT2D eigenvalue weighted by molar-refractivity contribution is 7.92. The van der Waals surface area contributed by atoms with Gasteiger partial charge in [0.25, 0.3) is 10.0 Å². The van der Waals surface area contributed by atoms with Gasteiger partial charge in [0.2, 0.25) is 0 Å². The number of unbranched alkanes of at least 4 members (excludes halogenated alkanes) is 1. The molecule has 0 saturated carbocycles. The summed E-state index contributed by atoms with van der Waals surface area (Å²) in [4.78, 5) is 4.54. The van der Waals surface area contributed by atoms with Gasteiger partial charge in [-0.05, 0) is 42.7 Å². The quantitative estimate of drug-likeness (QED) is 0.724. The SMILES string of the molecule is CCCCc1ccc(S(=O)(=O)Nc2cccc3cccnc23)cc1. The van der Waals surface area contributed by atoms with Crippen molar-refractivity contribution >= 4 is 26.6 Å². The first-order valence-electron chi connectivity index (χ1n) is 8.05. The number of benzene rings is 2. The minimum atomic E-state index is -3.63. The normalized spacial score (nSPS) is 11.5. The lowest BCUT2D eigenvalue weighted by molar-refractivity contribution is 0.601. The van der Waals surface area contributed by atoms with E-state index in [4.69, 9.17) is 0 Å². The number of pyridine rings is 1. The number of aromatic nitrogens is 1. The van der Waals surface area contributed by atoms with Crippen molar-refractivity contribution in [3.63, 3.8) is 0 Å². The molecule has 0 aliphatic heterocycles. The summed E-state index contributed by atoms with van der Waals surface area (Å²) in [5.74, 6) is 0. The predicted molar refractivity (Wildman–Crippen MR) is 97.6 cm³/mol. The molecular weight excluding hydrogens is 320 g/mol. The molecule has 3 rings (SSSR count). The Labute approximate surface area is 142 Å². The highest BCUT2D eigenvalue weighted by Gasteiger charge is 2.15. The van der Waals surface area contributed by atoms with E-state index in [1.54, 1.807) is 24.4 Å². The molecule has 5 heteroatoms. The number of fused-ring (bicyclic) bond motifs is 1. The molecular formula is C19H20N2O2S. The number of hydrogen-bond acceptors (Lipinski definition) is 3. The maximum Gasteiger partial charge on any atom is 0.261 e. The van der Waals surface area contributed by atoms with Crippen molar-refractivity contribution < 1.29 is 8.42 Å². The van der Waals surface area contributed by atoms with Crippen molar-refractivity contribution in [2.24, 2.45) is 0 Å². The Kier molecular flexibility index (Phi) is 4.81. The lowest BCUT2D eigenvalue weighted by Crippen LogP contribution is -2.13. The van der Waals surface area contributed by atoms with E-state index in [1.807, 2.05) is 36.4 Å². The third-order valence-electron chi connectivity index (χ3n) is 3.93. The monoisotopic (exact) mass is 340 g/mol. The zero-order valence-electron chi connectivity index (χ0n) is 13.6. The minimum Gasteiger partial charge on any atom is -0.277 e. The van der Waals surface area contributed by atoms with Gasteiger partial charge >= 0.3 is 0 Å². The Balaban J connectivity index is 1.88. The van der Waals surface area contributed by atoms with Gasteiger partial charge in [-0.25, -0.2) is 8.42 Å². The molecule has 24 heavy (non-hydrogen) atoms. The molecule has 0 saturated heterocycles. The van der Waals surface area contributed by atoms with Crippen molar-refractivity contribution in [3.05, 3.63) is 66.4 Å². The lowest BCUT2D eigenvalue weighted by Gasteiger charge is -2.10. The maximum atomic E-state index is 12.6. The molecule has 0 fully saturated rings. The van der Waals surface area contributed by atoms with E-state index in [0.717, 1.165) is 30.2 Å². The van der Waals surface area contributed by atoms with Gasteiger partial charge in [0, 0.05) is 11.6 Å². The van der Waals surface area contributed by atoms with Gasteiger partial charge in [0.05, 0.1) is 16.1 Å². The molecule has 1 N–H and O–H groups in total. The van der Waals surface area contributed by atoms with Crippen LogP contribution in [0.2, 0.25) is 0 Å². The summed E-state index contributed by atoms with van der Waals surface area (Å²) in [6.45, 7) is 2.14. The zero-order valence-corrected chi connectivity index (χ0v) is 14.4. The van der Waals surface area contributed by atoms with E-state index >= 15 is 0 Å². The number of nitrogens with one attached hydrogen (secondary N) is 1. The Morgan fingerprint density at radius 3 is 2.50 bits per heavy atom. The summed E-state index contributed by atoms with van der Waals surface area (Å²) in [6, 6.07) is 16.3. The molecule has 4 nitrogen and oxygen atoms in total. The molecule has 1 heterocycles.